The van der Waals surface area contributed by atoms with Crippen molar-refractivity contribution in [1.29, 1.82) is 0 Å². The molecule has 1 atom stereocenters. The third-order valence-electron chi connectivity index (χ3n) is 6.47. The highest BCUT2D eigenvalue weighted by atomic mass is 32.2. The Morgan fingerprint density at radius 3 is 2.22 bits per heavy atom. The van der Waals surface area contributed by atoms with Crippen LogP contribution in [0.25, 0.3) is 0 Å². The van der Waals surface area contributed by atoms with Gasteiger partial charge in [0.1, 0.15) is 24.1 Å². The number of nitrogens with zero attached hydrogens (tertiary/aromatic N) is 2. The third kappa shape index (κ3) is 8.23. The lowest BCUT2D eigenvalue weighted by atomic mass is 10.1. The van der Waals surface area contributed by atoms with Gasteiger partial charge in [0, 0.05) is 13.1 Å². The number of anilines is 1. The molecule has 0 fully saturated rings. The van der Waals surface area contributed by atoms with Gasteiger partial charge in [-0.2, -0.15) is 0 Å². The normalized spacial score (nSPS) is 11.8. The van der Waals surface area contributed by atoms with Crippen molar-refractivity contribution in [1.82, 2.24) is 10.2 Å². The molecule has 0 bridgehead atoms. The number of ether oxygens (including phenoxy) is 2. The Morgan fingerprint density at radius 2 is 1.61 bits per heavy atom. The van der Waals surface area contributed by atoms with Crippen molar-refractivity contribution in [3.05, 3.63) is 84.4 Å². The maximum atomic E-state index is 14.1. The molecule has 10 heteroatoms. The number of nitrogens with one attached hydrogen (secondary N) is 1. The summed E-state index contributed by atoms with van der Waals surface area (Å²) in [5, 5.41) is 2.88. The summed E-state index contributed by atoms with van der Waals surface area (Å²) < 4.78 is 39.7. The monoisotopic (exact) mass is 581 g/mol. The smallest absolute Gasteiger partial charge is 0.264 e. The van der Waals surface area contributed by atoms with Crippen molar-refractivity contribution < 1.29 is 27.5 Å². The van der Waals surface area contributed by atoms with Crippen LogP contribution in [0.1, 0.15) is 39.2 Å². The van der Waals surface area contributed by atoms with Crippen LogP contribution in [-0.4, -0.2) is 58.0 Å². The molecule has 0 aromatic heterocycles. The van der Waals surface area contributed by atoms with Gasteiger partial charge in [-0.05, 0) is 73.9 Å². The molecular formula is C31H39N3O6S. The van der Waals surface area contributed by atoms with E-state index in [2.05, 4.69) is 5.32 Å². The first-order valence-corrected chi connectivity index (χ1v) is 15.2. The SMILES string of the molecule is CCCNC(=O)C(CC)N(Cc1cccc(OC)c1)C(=O)CN(c1ccc(OCC)cc1)S(=O)(=O)c1ccccc1. The maximum Gasteiger partial charge on any atom is 0.264 e. The number of hydrogen-bond acceptors (Lipinski definition) is 6. The number of amides is 2. The van der Waals surface area contributed by atoms with Crippen LogP contribution in [0.4, 0.5) is 5.69 Å². The van der Waals surface area contributed by atoms with Gasteiger partial charge in [0.25, 0.3) is 10.0 Å². The Labute approximate surface area is 243 Å². The Balaban J connectivity index is 2.04. The van der Waals surface area contributed by atoms with E-state index >= 15 is 0 Å². The van der Waals surface area contributed by atoms with E-state index in [0.717, 1.165) is 16.3 Å². The quantitative estimate of drug-likeness (QED) is 0.281. The molecule has 0 heterocycles. The standard InChI is InChI=1S/C31H39N3O6S/c1-5-20-32-31(36)29(6-2)33(22-24-12-11-13-27(21-24)39-4)30(35)23-34(25-16-18-26(19-17-25)40-7-3)41(37,38)28-14-9-8-10-15-28/h8-19,21,29H,5-7,20,22-23H2,1-4H3,(H,32,36). The highest BCUT2D eigenvalue weighted by molar-refractivity contribution is 7.92. The highest BCUT2D eigenvalue weighted by Crippen LogP contribution is 2.27. The van der Waals surface area contributed by atoms with Gasteiger partial charge in [-0.15, -0.1) is 0 Å². The van der Waals surface area contributed by atoms with Crippen LogP contribution >= 0.6 is 0 Å². The third-order valence-corrected chi connectivity index (χ3v) is 8.26. The predicted octanol–water partition coefficient (Wildman–Crippen LogP) is 4.62. The predicted molar refractivity (Wildman–Crippen MR) is 160 cm³/mol. The number of rotatable bonds is 15. The number of methoxy groups -OCH3 is 1. The Morgan fingerprint density at radius 1 is 0.902 bits per heavy atom. The summed E-state index contributed by atoms with van der Waals surface area (Å²) in [6.45, 7) is 6.15. The lowest BCUT2D eigenvalue weighted by Gasteiger charge is -2.33. The van der Waals surface area contributed by atoms with Crippen molar-refractivity contribution in [3.8, 4) is 11.5 Å². The molecule has 0 saturated carbocycles. The molecule has 0 spiro atoms. The fraction of sp³-hybridized carbons (Fsp3) is 0.355. The Bertz CT molecular complexity index is 1380. The molecule has 2 amide bonds. The van der Waals surface area contributed by atoms with Crippen LogP contribution in [0.5, 0.6) is 11.5 Å². The summed E-state index contributed by atoms with van der Waals surface area (Å²) in [6.07, 6.45) is 1.09. The summed E-state index contributed by atoms with van der Waals surface area (Å²) in [6, 6.07) is 20.9. The second-order valence-corrected chi connectivity index (χ2v) is 11.2. The van der Waals surface area contributed by atoms with Gasteiger partial charge < -0.3 is 19.7 Å². The van der Waals surface area contributed by atoms with Crippen LogP contribution in [0.3, 0.4) is 0 Å². The molecule has 41 heavy (non-hydrogen) atoms. The molecule has 0 radical (unpaired) electrons. The molecular weight excluding hydrogens is 542 g/mol. The van der Waals surface area contributed by atoms with Crippen LogP contribution in [-0.2, 0) is 26.2 Å². The largest absolute Gasteiger partial charge is 0.497 e. The topological polar surface area (TPSA) is 105 Å². The minimum atomic E-state index is -4.13. The van der Waals surface area contributed by atoms with Crippen molar-refractivity contribution >= 4 is 27.5 Å². The van der Waals surface area contributed by atoms with E-state index in [-0.39, 0.29) is 17.3 Å². The van der Waals surface area contributed by atoms with Gasteiger partial charge in [0.2, 0.25) is 11.8 Å². The molecule has 3 aromatic rings. The first-order chi connectivity index (χ1) is 19.7. The fourth-order valence-corrected chi connectivity index (χ4v) is 5.81. The van der Waals surface area contributed by atoms with Gasteiger partial charge in [-0.25, -0.2) is 8.42 Å². The average Bonchev–Trinajstić information content (AvgIpc) is 2.99. The minimum Gasteiger partial charge on any atom is -0.497 e. The van der Waals surface area contributed by atoms with Crippen LogP contribution in [0.2, 0.25) is 0 Å². The van der Waals surface area contributed by atoms with Crippen molar-refractivity contribution in [2.45, 2.75) is 51.1 Å². The summed E-state index contributed by atoms with van der Waals surface area (Å²) in [4.78, 5) is 28.8. The Hall–Kier alpha value is -4.05. The fourth-order valence-electron chi connectivity index (χ4n) is 4.38. The van der Waals surface area contributed by atoms with Crippen molar-refractivity contribution in [2.75, 3.05) is 31.1 Å². The van der Waals surface area contributed by atoms with E-state index in [9.17, 15) is 18.0 Å². The summed E-state index contributed by atoms with van der Waals surface area (Å²) in [5.41, 5.74) is 1.05. The summed E-state index contributed by atoms with van der Waals surface area (Å²) in [7, 11) is -2.58. The first kappa shape index (κ1) is 31.5. The second kappa shape index (κ2) is 15.1. The molecule has 3 rings (SSSR count). The zero-order chi connectivity index (χ0) is 29.8. The van der Waals surface area contributed by atoms with Crippen LogP contribution in [0, 0.1) is 0 Å². The van der Waals surface area contributed by atoms with E-state index in [4.69, 9.17) is 9.47 Å². The number of carbonyl (C=O) groups is 2. The van der Waals surface area contributed by atoms with Crippen molar-refractivity contribution in [3.63, 3.8) is 0 Å². The highest BCUT2D eigenvalue weighted by Gasteiger charge is 2.33. The minimum absolute atomic E-state index is 0.0498. The molecule has 0 aliphatic rings. The van der Waals surface area contributed by atoms with E-state index in [1.165, 1.54) is 17.0 Å². The van der Waals surface area contributed by atoms with E-state index in [1.54, 1.807) is 67.8 Å². The van der Waals surface area contributed by atoms with E-state index in [1.807, 2.05) is 26.8 Å². The molecule has 3 aromatic carbocycles. The lowest BCUT2D eigenvalue weighted by Crippen LogP contribution is -2.52. The number of sulfonamides is 1. The molecule has 220 valence electrons. The van der Waals surface area contributed by atoms with Gasteiger partial charge >= 0.3 is 0 Å². The van der Waals surface area contributed by atoms with Gasteiger partial charge in [-0.3, -0.25) is 13.9 Å². The van der Waals surface area contributed by atoms with E-state index in [0.29, 0.717) is 36.8 Å². The van der Waals surface area contributed by atoms with Gasteiger partial charge in [0.05, 0.1) is 24.3 Å². The first-order valence-electron chi connectivity index (χ1n) is 13.8. The molecule has 1 unspecified atom stereocenters. The number of carbonyl (C=O) groups excluding carboxylic acids is 2. The number of benzene rings is 3. The molecule has 0 aliphatic carbocycles. The summed E-state index contributed by atoms with van der Waals surface area (Å²) >= 11 is 0. The van der Waals surface area contributed by atoms with E-state index < -0.39 is 28.5 Å². The zero-order valence-electron chi connectivity index (χ0n) is 24.1. The van der Waals surface area contributed by atoms with Gasteiger partial charge in [0.15, 0.2) is 0 Å². The van der Waals surface area contributed by atoms with Crippen molar-refractivity contribution in [2.24, 2.45) is 0 Å². The summed E-state index contributed by atoms with van der Waals surface area (Å²) in [5.74, 6) is 0.392. The van der Waals surface area contributed by atoms with Gasteiger partial charge in [-0.1, -0.05) is 44.2 Å². The zero-order valence-corrected chi connectivity index (χ0v) is 24.9. The van der Waals surface area contributed by atoms with Crippen LogP contribution in [0.15, 0.2) is 83.8 Å². The lowest BCUT2D eigenvalue weighted by molar-refractivity contribution is -0.140. The number of hydrogen-bond donors (Lipinski definition) is 1. The molecule has 9 nitrogen and oxygen atoms in total. The molecule has 0 aliphatic heterocycles. The maximum absolute atomic E-state index is 14.1. The molecule has 1 N–H and O–H groups in total. The second-order valence-electron chi connectivity index (χ2n) is 9.34. The Kier molecular flexibility index (Phi) is 11.6. The van der Waals surface area contributed by atoms with Crippen LogP contribution < -0.4 is 19.1 Å². The average molecular weight is 582 g/mol. The molecule has 0 saturated heterocycles.